The van der Waals surface area contributed by atoms with Crippen molar-refractivity contribution in [1.29, 1.82) is 0 Å². The molecule has 1 aliphatic heterocycles. The van der Waals surface area contributed by atoms with Gasteiger partial charge in [-0.3, -0.25) is 0 Å². The molecule has 1 aliphatic rings. The zero-order valence-electron chi connectivity index (χ0n) is 15.6. The molecule has 7 nitrogen and oxygen atoms in total. The third-order valence-corrected chi connectivity index (χ3v) is 4.53. The van der Waals surface area contributed by atoms with Gasteiger partial charge in [0.25, 0.3) is 0 Å². The van der Waals surface area contributed by atoms with Crippen LogP contribution >= 0.6 is 0 Å². The predicted molar refractivity (Wildman–Crippen MR) is 102 cm³/mol. The molecule has 1 atom stereocenters. The molecule has 1 fully saturated rings. The molecular weight excluding hydrogens is 360 g/mol. The SMILES string of the molecule is O=C(OCc1ccccc1)N1CCC[C@@H](CO)N1C(=O)OCc1ccccc1. The topological polar surface area (TPSA) is 79.3 Å². The van der Waals surface area contributed by atoms with Gasteiger partial charge in [-0.05, 0) is 24.0 Å². The zero-order chi connectivity index (χ0) is 19.8. The summed E-state index contributed by atoms with van der Waals surface area (Å²) in [5, 5.41) is 12.1. The van der Waals surface area contributed by atoms with Crippen LogP contribution in [0.25, 0.3) is 0 Å². The Hall–Kier alpha value is -3.06. The molecular formula is C21H24N2O5. The molecule has 0 saturated carbocycles. The Morgan fingerprint density at radius 3 is 1.96 bits per heavy atom. The van der Waals surface area contributed by atoms with Gasteiger partial charge >= 0.3 is 12.2 Å². The lowest BCUT2D eigenvalue weighted by molar-refractivity contribution is -0.0792. The number of carbonyl (C=O) groups excluding carboxylic acids is 2. The van der Waals surface area contributed by atoms with Crippen molar-refractivity contribution in [2.75, 3.05) is 13.2 Å². The van der Waals surface area contributed by atoms with Gasteiger partial charge in [0.05, 0.1) is 12.6 Å². The minimum absolute atomic E-state index is 0.0845. The lowest BCUT2D eigenvalue weighted by Crippen LogP contribution is -2.59. The maximum atomic E-state index is 12.7. The first kappa shape index (κ1) is 19.7. The third-order valence-electron chi connectivity index (χ3n) is 4.53. The molecule has 148 valence electrons. The summed E-state index contributed by atoms with van der Waals surface area (Å²) in [6, 6.07) is 18.1. The van der Waals surface area contributed by atoms with E-state index >= 15 is 0 Å². The molecule has 2 amide bonds. The third kappa shape index (κ3) is 5.01. The van der Waals surface area contributed by atoms with Crippen LogP contribution in [0.2, 0.25) is 0 Å². The number of benzene rings is 2. The molecule has 1 N–H and O–H groups in total. The normalized spacial score (nSPS) is 16.5. The molecule has 0 spiro atoms. The van der Waals surface area contributed by atoms with Gasteiger partial charge in [0.2, 0.25) is 0 Å². The minimum atomic E-state index is -0.681. The summed E-state index contributed by atoms with van der Waals surface area (Å²) in [7, 11) is 0. The van der Waals surface area contributed by atoms with Gasteiger partial charge in [0, 0.05) is 6.54 Å². The number of rotatable bonds is 5. The van der Waals surface area contributed by atoms with Gasteiger partial charge in [0.1, 0.15) is 13.2 Å². The summed E-state index contributed by atoms with van der Waals surface area (Å²) >= 11 is 0. The van der Waals surface area contributed by atoms with Crippen molar-refractivity contribution in [3.8, 4) is 0 Å². The first-order chi connectivity index (χ1) is 13.7. The number of aliphatic hydroxyl groups is 1. The summed E-state index contributed by atoms with van der Waals surface area (Å²) in [4.78, 5) is 25.3. The molecule has 1 saturated heterocycles. The summed E-state index contributed by atoms with van der Waals surface area (Å²) in [5.41, 5.74) is 1.69. The van der Waals surface area contributed by atoms with E-state index in [-0.39, 0.29) is 19.8 Å². The van der Waals surface area contributed by atoms with Crippen LogP contribution in [0, 0.1) is 0 Å². The second kappa shape index (κ2) is 9.75. The molecule has 3 rings (SSSR count). The van der Waals surface area contributed by atoms with Crippen molar-refractivity contribution < 1.29 is 24.2 Å². The monoisotopic (exact) mass is 384 g/mol. The number of aliphatic hydroxyl groups excluding tert-OH is 1. The quantitative estimate of drug-likeness (QED) is 0.855. The van der Waals surface area contributed by atoms with Gasteiger partial charge in [-0.1, -0.05) is 60.7 Å². The lowest BCUT2D eigenvalue weighted by Gasteiger charge is -2.41. The van der Waals surface area contributed by atoms with Crippen LogP contribution in [-0.2, 0) is 22.7 Å². The van der Waals surface area contributed by atoms with Crippen LogP contribution in [0.4, 0.5) is 9.59 Å². The van der Waals surface area contributed by atoms with Crippen LogP contribution in [0.3, 0.4) is 0 Å². The van der Waals surface area contributed by atoms with Crippen molar-refractivity contribution in [2.24, 2.45) is 0 Å². The fraction of sp³-hybridized carbons (Fsp3) is 0.333. The van der Waals surface area contributed by atoms with Gasteiger partial charge in [0.15, 0.2) is 0 Å². The Balaban J connectivity index is 1.65. The Labute approximate surface area is 164 Å². The number of carbonyl (C=O) groups is 2. The molecule has 0 radical (unpaired) electrons. The summed E-state index contributed by atoms with van der Waals surface area (Å²) in [6.45, 7) is 0.252. The maximum absolute atomic E-state index is 12.7. The Kier molecular flexibility index (Phi) is 6.86. The average Bonchev–Trinajstić information content (AvgIpc) is 2.76. The number of nitrogens with zero attached hydrogens (tertiary/aromatic N) is 2. The van der Waals surface area contributed by atoms with Crippen molar-refractivity contribution in [2.45, 2.75) is 32.1 Å². The molecule has 1 heterocycles. The fourth-order valence-electron chi connectivity index (χ4n) is 3.08. The van der Waals surface area contributed by atoms with Crippen LogP contribution in [-0.4, -0.2) is 46.5 Å². The highest BCUT2D eigenvalue weighted by atomic mass is 16.6. The van der Waals surface area contributed by atoms with Crippen molar-refractivity contribution in [1.82, 2.24) is 10.0 Å². The highest BCUT2D eigenvalue weighted by Gasteiger charge is 2.37. The molecule has 0 unspecified atom stereocenters. The Bertz CT molecular complexity index is 769. The second-order valence-electron chi connectivity index (χ2n) is 6.53. The molecule has 7 heteroatoms. The first-order valence-electron chi connectivity index (χ1n) is 9.28. The Morgan fingerprint density at radius 1 is 0.893 bits per heavy atom. The standard InChI is InChI=1S/C21H24N2O5/c24-14-19-12-7-13-22(20(25)27-15-17-8-3-1-4-9-17)23(19)21(26)28-16-18-10-5-2-6-11-18/h1-6,8-11,19,24H,7,12-16H2/t19-/m0/s1. The molecule has 2 aromatic carbocycles. The number of hydrazine groups is 1. The fourth-order valence-corrected chi connectivity index (χ4v) is 3.08. The smallest absolute Gasteiger partial charge is 0.429 e. The van der Waals surface area contributed by atoms with Crippen LogP contribution in [0.5, 0.6) is 0 Å². The Morgan fingerprint density at radius 2 is 1.43 bits per heavy atom. The number of hydrogen-bond acceptors (Lipinski definition) is 5. The molecule has 0 aromatic heterocycles. The van der Waals surface area contributed by atoms with Gasteiger partial charge in [-0.25, -0.2) is 19.6 Å². The maximum Gasteiger partial charge on any atom is 0.429 e. The minimum Gasteiger partial charge on any atom is -0.443 e. The summed E-state index contributed by atoms with van der Waals surface area (Å²) in [5.74, 6) is 0. The van der Waals surface area contributed by atoms with Crippen LogP contribution in [0.15, 0.2) is 60.7 Å². The van der Waals surface area contributed by atoms with E-state index in [2.05, 4.69) is 0 Å². The van der Waals surface area contributed by atoms with E-state index in [1.165, 1.54) is 10.0 Å². The largest absolute Gasteiger partial charge is 0.443 e. The van der Waals surface area contributed by atoms with E-state index in [0.717, 1.165) is 11.1 Å². The number of amides is 2. The second-order valence-corrected chi connectivity index (χ2v) is 6.53. The molecule has 0 aliphatic carbocycles. The van der Waals surface area contributed by atoms with E-state index < -0.39 is 18.2 Å². The van der Waals surface area contributed by atoms with E-state index in [9.17, 15) is 14.7 Å². The molecule has 28 heavy (non-hydrogen) atoms. The van der Waals surface area contributed by atoms with Crippen molar-refractivity contribution >= 4 is 12.2 Å². The summed E-state index contributed by atoms with van der Waals surface area (Å²) in [6.07, 6.45) is -0.0778. The van der Waals surface area contributed by atoms with Crippen LogP contribution < -0.4 is 0 Å². The highest BCUT2D eigenvalue weighted by molar-refractivity contribution is 5.74. The van der Waals surface area contributed by atoms with Crippen molar-refractivity contribution in [3.63, 3.8) is 0 Å². The van der Waals surface area contributed by atoms with Gasteiger partial charge in [-0.15, -0.1) is 0 Å². The lowest BCUT2D eigenvalue weighted by atomic mass is 10.1. The highest BCUT2D eigenvalue weighted by Crippen LogP contribution is 2.21. The predicted octanol–water partition coefficient (Wildman–Crippen LogP) is 3.33. The molecule has 2 aromatic rings. The van der Waals surface area contributed by atoms with Crippen molar-refractivity contribution in [3.05, 3.63) is 71.8 Å². The first-order valence-corrected chi connectivity index (χ1v) is 9.28. The van der Waals surface area contributed by atoms with Gasteiger partial charge in [-0.2, -0.15) is 0 Å². The average molecular weight is 384 g/mol. The molecule has 0 bridgehead atoms. The van der Waals surface area contributed by atoms with Crippen LogP contribution in [0.1, 0.15) is 24.0 Å². The van der Waals surface area contributed by atoms with E-state index in [1.807, 2.05) is 60.7 Å². The summed E-state index contributed by atoms with van der Waals surface area (Å²) < 4.78 is 10.7. The van der Waals surface area contributed by atoms with E-state index in [0.29, 0.717) is 19.4 Å². The van der Waals surface area contributed by atoms with E-state index in [1.54, 1.807) is 0 Å². The zero-order valence-corrected chi connectivity index (χ0v) is 15.6. The number of hydrogen-bond donors (Lipinski definition) is 1. The number of ether oxygens (including phenoxy) is 2. The van der Waals surface area contributed by atoms with E-state index in [4.69, 9.17) is 9.47 Å². The van der Waals surface area contributed by atoms with Gasteiger partial charge < -0.3 is 14.6 Å².